The van der Waals surface area contributed by atoms with Crippen molar-refractivity contribution in [3.63, 3.8) is 0 Å². The molecule has 1 unspecified atom stereocenters. The lowest BCUT2D eigenvalue weighted by Gasteiger charge is -2.26. The van der Waals surface area contributed by atoms with E-state index in [1.807, 2.05) is 54.1 Å². The third-order valence-electron chi connectivity index (χ3n) is 5.10. The number of fused-ring (bicyclic) bond motifs is 1. The van der Waals surface area contributed by atoms with Crippen molar-refractivity contribution in [3.05, 3.63) is 90.1 Å². The van der Waals surface area contributed by atoms with Crippen molar-refractivity contribution in [3.8, 4) is 0 Å². The van der Waals surface area contributed by atoms with Gasteiger partial charge in [0.15, 0.2) is 5.65 Å². The zero-order chi connectivity index (χ0) is 20.2. The molecule has 0 saturated heterocycles. The first-order valence-electron chi connectivity index (χ1n) is 9.70. The van der Waals surface area contributed by atoms with Gasteiger partial charge in [-0.25, -0.2) is 9.97 Å². The van der Waals surface area contributed by atoms with E-state index in [9.17, 15) is 4.79 Å². The molecule has 0 aliphatic rings. The average molecular weight is 385 g/mol. The van der Waals surface area contributed by atoms with Gasteiger partial charge in [0, 0.05) is 19.4 Å². The van der Waals surface area contributed by atoms with Crippen LogP contribution in [-0.4, -0.2) is 37.4 Å². The Morgan fingerprint density at radius 2 is 1.86 bits per heavy atom. The number of rotatable bonds is 6. The van der Waals surface area contributed by atoms with Gasteiger partial charge in [-0.3, -0.25) is 9.78 Å². The lowest BCUT2D eigenvalue weighted by atomic mass is 10.1. The molecule has 0 radical (unpaired) electrons. The minimum atomic E-state index is -0.0884. The van der Waals surface area contributed by atoms with Crippen LogP contribution in [0.1, 0.15) is 41.0 Å². The molecule has 3 heterocycles. The zero-order valence-electron chi connectivity index (χ0n) is 16.6. The van der Waals surface area contributed by atoms with E-state index >= 15 is 0 Å². The molecule has 0 aliphatic carbocycles. The number of imidazole rings is 1. The van der Waals surface area contributed by atoms with Crippen molar-refractivity contribution < 1.29 is 4.79 Å². The second-order valence-corrected chi connectivity index (χ2v) is 7.02. The van der Waals surface area contributed by atoms with Crippen molar-refractivity contribution in [1.29, 1.82) is 0 Å². The van der Waals surface area contributed by atoms with Crippen LogP contribution in [-0.2, 0) is 6.54 Å². The molecule has 146 valence electrons. The molecule has 1 aromatic carbocycles. The Bertz CT molecular complexity index is 1110. The van der Waals surface area contributed by atoms with Gasteiger partial charge in [0.1, 0.15) is 5.52 Å². The number of nitrogens with zero attached hydrogens (tertiary/aromatic N) is 5. The maximum atomic E-state index is 13.1. The van der Waals surface area contributed by atoms with Crippen LogP contribution < -0.4 is 0 Å². The van der Waals surface area contributed by atoms with Crippen LogP contribution >= 0.6 is 0 Å². The molecule has 1 amide bonds. The fourth-order valence-electron chi connectivity index (χ4n) is 3.56. The summed E-state index contributed by atoms with van der Waals surface area (Å²) in [6.07, 6.45) is 5.94. The second-order valence-electron chi connectivity index (χ2n) is 7.02. The minimum Gasteiger partial charge on any atom is -0.333 e. The highest BCUT2D eigenvalue weighted by Gasteiger charge is 2.23. The van der Waals surface area contributed by atoms with Gasteiger partial charge in [-0.2, -0.15) is 0 Å². The first-order chi connectivity index (χ1) is 14.2. The van der Waals surface area contributed by atoms with Gasteiger partial charge in [-0.15, -0.1) is 0 Å². The van der Waals surface area contributed by atoms with E-state index < -0.39 is 0 Å². The Kier molecular flexibility index (Phi) is 5.33. The molecule has 4 rings (SSSR count). The molecule has 1 atom stereocenters. The highest BCUT2D eigenvalue weighted by atomic mass is 16.2. The number of hydrogen-bond donors (Lipinski definition) is 0. The number of amides is 1. The number of benzene rings is 1. The molecule has 3 aromatic heterocycles. The second kappa shape index (κ2) is 8.22. The summed E-state index contributed by atoms with van der Waals surface area (Å²) in [4.78, 5) is 28.2. The van der Waals surface area contributed by atoms with E-state index in [-0.39, 0.29) is 11.9 Å². The van der Waals surface area contributed by atoms with Crippen molar-refractivity contribution >= 4 is 17.1 Å². The van der Waals surface area contributed by atoms with Crippen LogP contribution in [0.3, 0.4) is 0 Å². The fourth-order valence-corrected chi connectivity index (χ4v) is 3.56. The number of hydrogen-bond acceptors (Lipinski definition) is 4. The molecular formula is C23H23N5O. The Hall–Kier alpha value is -3.54. The Morgan fingerprint density at radius 3 is 2.59 bits per heavy atom. The van der Waals surface area contributed by atoms with Crippen molar-refractivity contribution in [2.24, 2.45) is 0 Å². The van der Waals surface area contributed by atoms with E-state index in [0.717, 1.165) is 17.8 Å². The Morgan fingerprint density at radius 1 is 1.07 bits per heavy atom. The summed E-state index contributed by atoms with van der Waals surface area (Å²) in [7, 11) is 1.81. The van der Waals surface area contributed by atoms with Gasteiger partial charge >= 0.3 is 0 Å². The molecule has 4 aromatic rings. The molecule has 0 spiro atoms. The highest BCUT2D eigenvalue weighted by molar-refractivity contribution is 5.96. The van der Waals surface area contributed by atoms with Gasteiger partial charge in [0.25, 0.3) is 5.91 Å². The Balaban J connectivity index is 1.58. The topological polar surface area (TPSA) is 63.9 Å². The smallest absolute Gasteiger partial charge is 0.255 e. The van der Waals surface area contributed by atoms with Crippen LogP contribution in [0.4, 0.5) is 0 Å². The molecule has 6 nitrogen and oxygen atoms in total. The third-order valence-corrected chi connectivity index (χ3v) is 5.10. The number of carbonyl (C=O) groups is 1. The van der Waals surface area contributed by atoms with Gasteiger partial charge in [-0.1, -0.05) is 43.3 Å². The molecule has 0 saturated carbocycles. The van der Waals surface area contributed by atoms with Crippen molar-refractivity contribution in [2.75, 3.05) is 7.05 Å². The van der Waals surface area contributed by atoms with E-state index in [1.54, 1.807) is 23.6 Å². The molecule has 0 bridgehead atoms. The lowest BCUT2D eigenvalue weighted by molar-refractivity contribution is 0.0722. The van der Waals surface area contributed by atoms with Gasteiger partial charge in [0.2, 0.25) is 0 Å². The predicted molar refractivity (Wildman–Crippen MR) is 112 cm³/mol. The maximum Gasteiger partial charge on any atom is 0.255 e. The standard InChI is InChI=1S/C23H23N5O/c1-3-21(19-11-7-8-12-24-19)27(2)23(29)18-13-20-22(25-14-18)28(16-26-20)15-17-9-5-4-6-10-17/h4-14,16,21H,3,15H2,1-2H3. The minimum absolute atomic E-state index is 0.0879. The molecule has 0 fully saturated rings. The van der Waals surface area contributed by atoms with Crippen LogP contribution in [0.15, 0.2) is 73.3 Å². The van der Waals surface area contributed by atoms with Crippen molar-refractivity contribution in [1.82, 2.24) is 24.4 Å². The van der Waals surface area contributed by atoms with E-state index in [0.29, 0.717) is 17.6 Å². The summed E-state index contributed by atoms with van der Waals surface area (Å²) in [6, 6.07) is 17.7. The maximum absolute atomic E-state index is 13.1. The predicted octanol–water partition coefficient (Wildman–Crippen LogP) is 4.10. The summed E-state index contributed by atoms with van der Waals surface area (Å²) in [6.45, 7) is 2.74. The molecule has 0 aliphatic heterocycles. The van der Waals surface area contributed by atoms with E-state index in [4.69, 9.17) is 0 Å². The quantitative estimate of drug-likeness (QED) is 0.501. The fraction of sp³-hybridized carbons (Fsp3) is 0.217. The summed E-state index contributed by atoms with van der Waals surface area (Å²) in [5, 5.41) is 0. The van der Waals surface area contributed by atoms with Gasteiger partial charge in [0.05, 0.1) is 30.2 Å². The van der Waals surface area contributed by atoms with Gasteiger partial charge < -0.3 is 9.47 Å². The van der Waals surface area contributed by atoms with Crippen LogP contribution in [0, 0.1) is 0 Å². The molecule has 29 heavy (non-hydrogen) atoms. The SMILES string of the molecule is CCC(c1ccccn1)N(C)C(=O)c1cnc2c(c1)ncn2Cc1ccccc1. The molecule has 6 heteroatoms. The average Bonchev–Trinajstić information content (AvgIpc) is 3.17. The summed E-state index contributed by atoms with van der Waals surface area (Å²) >= 11 is 0. The van der Waals surface area contributed by atoms with Crippen molar-refractivity contribution in [2.45, 2.75) is 25.9 Å². The summed E-state index contributed by atoms with van der Waals surface area (Å²) < 4.78 is 1.99. The first kappa shape index (κ1) is 18.8. The summed E-state index contributed by atoms with van der Waals surface area (Å²) in [5.41, 5.74) is 4.07. The van der Waals surface area contributed by atoms with Crippen LogP contribution in [0.5, 0.6) is 0 Å². The third kappa shape index (κ3) is 3.87. The number of aromatic nitrogens is 4. The van der Waals surface area contributed by atoms with Gasteiger partial charge in [-0.05, 0) is 30.2 Å². The largest absolute Gasteiger partial charge is 0.333 e. The number of pyridine rings is 2. The van der Waals surface area contributed by atoms with Crippen LogP contribution in [0.25, 0.3) is 11.2 Å². The first-order valence-corrected chi connectivity index (χ1v) is 9.70. The lowest BCUT2D eigenvalue weighted by Crippen LogP contribution is -2.31. The Labute approximate surface area is 169 Å². The monoisotopic (exact) mass is 385 g/mol. The van der Waals surface area contributed by atoms with E-state index in [2.05, 4.69) is 34.0 Å². The summed E-state index contributed by atoms with van der Waals surface area (Å²) in [5.74, 6) is -0.0884. The van der Waals surface area contributed by atoms with E-state index in [1.165, 1.54) is 5.56 Å². The zero-order valence-corrected chi connectivity index (χ0v) is 16.6. The molecule has 0 N–H and O–H groups in total. The number of carbonyl (C=O) groups excluding carboxylic acids is 1. The highest BCUT2D eigenvalue weighted by Crippen LogP contribution is 2.23. The normalized spacial score (nSPS) is 12.1. The van der Waals surface area contributed by atoms with Crippen LogP contribution in [0.2, 0.25) is 0 Å². The molecular weight excluding hydrogens is 362 g/mol.